The van der Waals surface area contributed by atoms with E-state index in [1.165, 1.54) is 26.8 Å². The molecule has 2 aromatic heterocycles. The molecule has 368 valence electrons. The van der Waals surface area contributed by atoms with E-state index in [4.69, 9.17) is 18.9 Å². The molecule has 2 aliphatic heterocycles. The number of halogens is 1. The van der Waals surface area contributed by atoms with Crippen LogP contribution in [0.3, 0.4) is 0 Å². The minimum atomic E-state index is -0.762. The number of carbonyl (C=O) groups excluding carboxylic acids is 5. The first-order valence-electron chi connectivity index (χ1n) is 23.3. The summed E-state index contributed by atoms with van der Waals surface area (Å²) >= 11 is 0. The monoisotopic (exact) mass is 960 g/mol. The maximum Gasteiger partial charge on any atom is 0.412 e. The number of hydrogen-bond acceptors (Lipinski definition) is 12. The molecule has 2 saturated heterocycles. The van der Waals surface area contributed by atoms with Gasteiger partial charge in [0.25, 0.3) is 17.4 Å². The second kappa shape index (κ2) is 21.6. The molecular weight excluding hydrogens is 904 g/mol. The van der Waals surface area contributed by atoms with E-state index < -0.39 is 35.4 Å². The van der Waals surface area contributed by atoms with E-state index in [0.717, 1.165) is 37.2 Å². The highest BCUT2D eigenvalue weighted by Crippen LogP contribution is 2.55. The zero-order valence-electron chi connectivity index (χ0n) is 39.5. The Labute approximate surface area is 403 Å². The Balaban J connectivity index is 0.837. The van der Waals surface area contributed by atoms with Gasteiger partial charge in [0.2, 0.25) is 5.91 Å². The Hall–Kier alpha value is -7.25. The van der Waals surface area contributed by atoms with Crippen LogP contribution >= 0.6 is 0 Å². The highest BCUT2D eigenvalue weighted by Gasteiger charge is 2.50. The normalized spacial score (nSPS) is 15.4. The standard InChI is InChI=1S/C51H57FN8O10/c1-50(2,3)70-48(65)55-42-25-35(36-26-51(27-36)31-68-32-51)28-54-44(42)46(63)53-15-21-67-22-20-60(49(66)69-30-33-9-5-4-6-10-33)29-43(61)58-16-18-59(19-17-58)47(64)39-23-34(13-14-40(39)52)24-41-37-11-7-8-12-38(37)45(62)57-56-41/h4-14,23,25,28,36H,15-22,24,26-27,29-32H2,1-3H3,(H,53,63)(H,55,65)(H,57,62). The number of piperazine rings is 1. The van der Waals surface area contributed by atoms with Gasteiger partial charge in [0, 0.05) is 62.7 Å². The van der Waals surface area contributed by atoms with Crippen molar-refractivity contribution in [3.8, 4) is 0 Å². The average Bonchev–Trinajstić information content (AvgIpc) is 3.31. The van der Waals surface area contributed by atoms with Crippen molar-refractivity contribution in [3.05, 3.63) is 135 Å². The first kappa shape index (κ1) is 49.2. The summed E-state index contributed by atoms with van der Waals surface area (Å²) in [7, 11) is 0. The number of benzene rings is 3. The van der Waals surface area contributed by atoms with E-state index in [9.17, 15) is 28.8 Å². The molecule has 1 aliphatic carbocycles. The summed E-state index contributed by atoms with van der Waals surface area (Å²) in [6, 6.07) is 22.2. The second-order valence-electron chi connectivity index (χ2n) is 18.9. The second-order valence-corrected chi connectivity index (χ2v) is 18.9. The molecule has 0 radical (unpaired) electrons. The third kappa shape index (κ3) is 12.1. The molecule has 70 heavy (non-hydrogen) atoms. The van der Waals surface area contributed by atoms with E-state index >= 15 is 4.39 Å². The number of amides is 5. The lowest BCUT2D eigenvalue weighted by Gasteiger charge is -2.53. The Morgan fingerprint density at radius 1 is 0.900 bits per heavy atom. The maximum atomic E-state index is 15.2. The smallest absolute Gasteiger partial charge is 0.412 e. The Bertz CT molecular complexity index is 2780. The number of carbonyl (C=O) groups is 5. The van der Waals surface area contributed by atoms with Crippen LogP contribution < -0.4 is 16.2 Å². The number of aromatic nitrogens is 3. The van der Waals surface area contributed by atoms with Crippen LogP contribution in [0.2, 0.25) is 0 Å². The molecule has 0 atom stereocenters. The van der Waals surface area contributed by atoms with E-state index in [2.05, 4.69) is 25.8 Å². The lowest BCUT2D eigenvalue weighted by molar-refractivity contribution is -0.164. The number of anilines is 1. The molecule has 1 saturated carbocycles. The number of H-pyrrole nitrogens is 1. The van der Waals surface area contributed by atoms with Crippen molar-refractivity contribution >= 4 is 46.4 Å². The van der Waals surface area contributed by atoms with Gasteiger partial charge < -0.3 is 34.1 Å². The number of hydrogen-bond donors (Lipinski definition) is 3. The van der Waals surface area contributed by atoms with Crippen molar-refractivity contribution in [3.63, 3.8) is 0 Å². The first-order chi connectivity index (χ1) is 33.6. The molecule has 3 fully saturated rings. The molecule has 3 aromatic carbocycles. The van der Waals surface area contributed by atoms with Gasteiger partial charge in [-0.3, -0.25) is 29.4 Å². The van der Waals surface area contributed by atoms with E-state index in [-0.39, 0.29) is 112 Å². The predicted octanol–water partition coefficient (Wildman–Crippen LogP) is 5.66. The van der Waals surface area contributed by atoms with Crippen LogP contribution in [-0.4, -0.2) is 138 Å². The van der Waals surface area contributed by atoms with Gasteiger partial charge in [-0.2, -0.15) is 5.10 Å². The number of ether oxygens (including phenoxy) is 4. The molecule has 8 rings (SSSR count). The number of nitrogens with one attached hydrogen (secondary N) is 3. The van der Waals surface area contributed by atoms with Crippen LogP contribution in [0.4, 0.5) is 19.7 Å². The summed E-state index contributed by atoms with van der Waals surface area (Å²) in [5, 5.41) is 13.3. The van der Waals surface area contributed by atoms with E-state index in [1.54, 1.807) is 63.4 Å². The average molecular weight is 961 g/mol. The Kier molecular flexibility index (Phi) is 15.2. The van der Waals surface area contributed by atoms with Gasteiger partial charge in [-0.25, -0.2) is 24.1 Å². The van der Waals surface area contributed by atoms with Gasteiger partial charge in [0.1, 0.15) is 24.6 Å². The van der Waals surface area contributed by atoms with Gasteiger partial charge in [-0.05, 0) is 80.5 Å². The van der Waals surface area contributed by atoms with Gasteiger partial charge in [-0.1, -0.05) is 54.6 Å². The zero-order valence-corrected chi connectivity index (χ0v) is 39.5. The molecule has 3 N–H and O–H groups in total. The SMILES string of the molecule is CC(C)(C)OC(=O)Nc1cc(C2CC3(COC3)C2)cnc1C(=O)NCCOCCN(CC(=O)N1CCN(C(=O)c2cc(Cc3n[nH]c(=O)c4ccccc34)ccc2F)CC1)C(=O)OCc1ccccc1. The van der Waals surface area contributed by atoms with Crippen molar-refractivity contribution in [2.45, 2.75) is 58.2 Å². The molecule has 4 heterocycles. The summed E-state index contributed by atoms with van der Waals surface area (Å²) in [5.74, 6) is -1.90. The van der Waals surface area contributed by atoms with Crippen molar-refractivity contribution in [2.24, 2.45) is 5.41 Å². The number of fused-ring (bicyclic) bond motifs is 1. The molecule has 1 spiro atoms. The third-order valence-corrected chi connectivity index (χ3v) is 12.6. The minimum Gasteiger partial charge on any atom is -0.445 e. The molecule has 0 bridgehead atoms. The number of rotatable bonds is 16. The highest BCUT2D eigenvalue weighted by molar-refractivity contribution is 6.01. The summed E-state index contributed by atoms with van der Waals surface area (Å²) in [4.78, 5) is 88.0. The maximum absolute atomic E-state index is 15.2. The summed E-state index contributed by atoms with van der Waals surface area (Å²) in [6.45, 7) is 6.99. The van der Waals surface area contributed by atoms with Gasteiger partial charge in [0.15, 0.2) is 5.69 Å². The molecule has 3 aliphatic rings. The quantitative estimate of drug-likeness (QED) is 0.102. The van der Waals surface area contributed by atoms with Crippen molar-refractivity contribution in [1.29, 1.82) is 0 Å². The minimum absolute atomic E-state index is 0.00267. The molecule has 18 nitrogen and oxygen atoms in total. The predicted molar refractivity (Wildman–Crippen MR) is 255 cm³/mol. The number of pyridine rings is 1. The topological polar surface area (TPSA) is 215 Å². The van der Waals surface area contributed by atoms with Crippen molar-refractivity contribution in [1.82, 2.24) is 35.2 Å². The molecule has 19 heteroatoms. The molecule has 5 aromatic rings. The van der Waals surface area contributed by atoms with Gasteiger partial charge in [0.05, 0.1) is 48.8 Å². The number of nitrogens with zero attached hydrogens (tertiary/aromatic N) is 5. The molecule has 5 amide bonds. The van der Waals surface area contributed by atoms with Crippen LogP contribution in [0, 0.1) is 11.2 Å². The lowest BCUT2D eigenvalue weighted by atomic mass is 9.59. The summed E-state index contributed by atoms with van der Waals surface area (Å²) < 4.78 is 37.4. The van der Waals surface area contributed by atoms with Crippen LogP contribution in [0.25, 0.3) is 10.8 Å². The first-order valence-corrected chi connectivity index (χ1v) is 23.3. The van der Waals surface area contributed by atoms with Crippen LogP contribution in [0.5, 0.6) is 0 Å². The van der Waals surface area contributed by atoms with Crippen molar-refractivity contribution in [2.75, 3.05) is 77.6 Å². The Morgan fingerprint density at radius 3 is 2.33 bits per heavy atom. The van der Waals surface area contributed by atoms with Crippen LogP contribution in [0.15, 0.2) is 89.9 Å². The fraction of sp³-hybridized carbons (Fsp3) is 0.412. The largest absolute Gasteiger partial charge is 0.445 e. The molecular formula is C51H57FN8O10. The fourth-order valence-corrected chi connectivity index (χ4v) is 8.82. The van der Waals surface area contributed by atoms with E-state index in [1.807, 2.05) is 30.3 Å². The van der Waals surface area contributed by atoms with Crippen LogP contribution in [0.1, 0.15) is 82.8 Å². The number of aromatic amines is 1. The zero-order chi connectivity index (χ0) is 49.4. The van der Waals surface area contributed by atoms with E-state index in [0.29, 0.717) is 22.0 Å². The lowest BCUT2D eigenvalue weighted by Crippen LogP contribution is -2.53. The molecule has 0 unspecified atom stereocenters. The van der Waals surface area contributed by atoms with Gasteiger partial charge in [-0.15, -0.1) is 0 Å². The van der Waals surface area contributed by atoms with Crippen molar-refractivity contribution < 1.29 is 47.3 Å². The highest BCUT2D eigenvalue weighted by atomic mass is 19.1. The third-order valence-electron chi connectivity index (χ3n) is 12.6. The summed E-state index contributed by atoms with van der Waals surface area (Å²) in [5.41, 5.74) is 2.11. The van der Waals surface area contributed by atoms with Crippen LogP contribution in [-0.2, 0) is 36.8 Å². The van der Waals surface area contributed by atoms with Gasteiger partial charge >= 0.3 is 12.2 Å². The Morgan fingerprint density at radius 2 is 1.61 bits per heavy atom. The summed E-state index contributed by atoms with van der Waals surface area (Å²) in [6.07, 6.45) is 2.34. The fourth-order valence-electron chi connectivity index (χ4n) is 8.82.